The molecule has 1 aliphatic carbocycles. The van der Waals surface area contributed by atoms with Crippen LogP contribution in [0.15, 0.2) is 53.4 Å². The molecule has 1 saturated carbocycles. The van der Waals surface area contributed by atoms with Gasteiger partial charge < -0.3 is 4.90 Å². The van der Waals surface area contributed by atoms with Gasteiger partial charge in [-0.2, -0.15) is 0 Å². The Morgan fingerprint density at radius 2 is 1.56 bits per heavy atom. The van der Waals surface area contributed by atoms with Crippen LogP contribution in [-0.4, -0.2) is 38.4 Å². The van der Waals surface area contributed by atoms with Crippen molar-refractivity contribution in [2.24, 2.45) is 0 Å². The molecule has 0 N–H and O–H groups in total. The summed E-state index contributed by atoms with van der Waals surface area (Å²) >= 11 is 0. The van der Waals surface area contributed by atoms with Crippen LogP contribution < -0.4 is 4.31 Å². The van der Waals surface area contributed by atoms with Gasteiger partial charge in [0, 0.05) is 24.7 Å². The summed E-state index contributed by atoms with van der Waals surface area (Å²) in [7, 11) is -2.11. The van der Waals surface area contributed by atoms with Crippen LogP contribution in [0.5, 0.6) is 0 Å². The van der Waals surface area contributed by atoms with E-state index in [4.69, 9.17) is 0 Å². The van der Waals surface area contributed by atoms with Crippen molar-refractivity contribution < 1.29 is 13.2 Å². The van der Waals surface area contributed by atoms with Crippen LogP contribution in [0, 0.1) is 6.92 Å². The lowest BCUT2D eigenvalue weighted by Gasteiger charge is -2.27. The average Bonchev–Trinajstić information content (AvgIpc) is 3.46. The van der Waals surface area contributed by atoms with E-state index in [-0.39, 0.29) is 16.8 Å². The zero-order valence-corrected chi connectivity index (χ0v) is 17.0. The van der Waals surface area contributed by atoms with Crippen LogP contribution in [0.25, 0.3) is 0 Å². The maximum absolute atomic E-state index is 12.8. The minimum Gasteiger partial charge on any atom is -0.333 e. The molecule has 1 aliphatic rings. The van der Waals surface area contributed by atoms with Gasteiger partial charge in [-0.15, -0.1) is 0 Å². The van der Waals surface area contributed by atoms with Crippen LogP contribution in [0.4, 0.5) is 5.69 Å². The Morgan fingerprint density at radius 3 is 2.04 bits per heavy atom. The standard InChI is InChI=1S/C21H26N2O3S/c1-15(2)23(19-11-12-19)21(24)17-7-9-18(10-8-17)22(4)27(25,26)20-13-5-16(3)6-14-20/h5-10,13-15,19H,11-12H2,1-4H3. The summed E-state index contributed by atoms with van der Waals surface area (Å²) in [6.45, 7) is 5.96. The first-order valence-corrected chi connectivity index (χ1v) is 10.6. The summed E-state index contributed by atoms with van der Waals surface area (Å²) in [5.41, 5.74) is 2.11. The third-order valence-corrected chi connectivity index (χ3v) is 6.69. The Morgan fingerprint density at radius 1 is 1.00 bits per heavy atom. The van der Waals surface area contributed by atoms with Gasteiger partial charge in [0.1, 0.15) is 0 Å². The van der Waals surface area contributed by atoms with E-state index in [1.165, 1.54) is 11.4 Å². The Bertz CT molecular complexity index is 913. The molecule has 0 atom stereocenters. The van der Waals surface area contributed by atoms with Crippen molar-refractivity contribution in [1.29, 1.82) is 0 Å². The van der Waals surface area contributed by atoms with Crippen molar-refractivity contribution in [3.05, 3.63) is 59.7 Å². The normalized spacial score (nSPS) is 14.3. The Labute approximate surface area is 161 Å². The average molecular weight is 387 g/mol. The molecule has 0 radical (unpaired) electrons. The van der Waals surface area contributed by atoms with E-state index in [2.05, 4.69) is 0 Å². The Kier molecular flexibility index (Phi) is 5.29. The van der Waals surface area contributed by atoms with Gasteiger partial charge in [0.15, 0.2) is 0 Å². The first kappa shape index (κ1) is 19.4. The predicted molar refractivity (Wildman–Crippen MR) is 108 cm³/mol. The molecule has 0 spiro atoms. The third-order valence-electron chi connectivity index (χ3n) is 4.89. The lowest BCUT2D eigenvalue weighted by molar-refractivity contribution is 0.0690. The second-order valence-electron chi connectivity index (χ2n) is 7.37. The lowest BCUT2D eigenvalue weighted by atomic mass is 10.1. The largest absolute Gasteiger partial charge is 0.333 e. The van der Waals surface area contributed by atoms with E-state index in [1.54, 1.807) is 48.5 Å². The van der Waals surface area contributed by atoms with Crippen molar-refractivity contribution in [3.63, 3.8) is 0 Å². The van der Waals surface area contributed by atoms with Crippen molar-refractivity contribution in [2.75, 3.05) is 11.4 Å². The van der Waals surface area contributed by atoms with Gasteiger partial charge in [-0.1, -0.05) is 17.7 Å². The van der Waals surface area contributed by atoms with E-state index < -0.39 is 10.0 Å². The number of sulfonamides is 1. The smallest absolute Gasteiger partial charge is 0.264 e. The monoisotopic (exact) mass is 386 g/mol. The molecule has 1 fully saturated rings. The fourth-order valence-electron chi connectivity index (χ4n) is 3.14. The minimum absolute atomic E-state index is 0.00287. The summed E-state index contributed by atoms with van der Waals surface area (Å²) in [6, 6.07) is 14.0. The van der Waals surface area contributed by atoms with Crippen LogP contribution in [0.1, 0.15) is 42.6 Å². The van der Waals surface area contributed by atoms with Crippen molar-refractivity contribution in [1.82, 2.24) is 4.90 Å². The molecule has 0 aromatic heterocycles. The molecule has 0 heterocycles. The van der Waals surface area contributed by atoms with Crippen molar-refractivity contribution in [2.45, 2.75) is 50.6 Å². The summed E-state index contributed by atoms with van der Waals surface area (Å²) < 4.78 is 26.9. The molecule has 2 aromatic carbocycles. The number of carbonyl (C=O) groups excluding carboxylic acids is 1. The zero-order valence-electron chi connectivity index (χ0n) is 16.2. The second kappa shape index (κ2) is 7.35. The molecular formula is C21H26N2O3S. The van der Waals surface area contributed by atoms with Gasteiger partial charge in [-0.3, -0.25) is 9.10 Å². The summed E-state index contributed by atoms with van der Waals surface area (Å²) in [5, 5.41) is 0. The molecule has 2 aromatic rings. The molecule has 144 valence electrons. The molecule has 1 amide bonds. The number of benzene rings is 2. The van der Waals surface area contributed by atoms with Gasteiger partial charge in [0.2, 0.25) is 0 Å². The number of anilines is 1. The van der Waals surface area contributed by atoms with Crippen LogP contribution in [0.2, 0.25) is 0 Å². The van der Waals surface area contributed by atoms with E-state index in [9.17, 15) is 13.2 Å². The zero-order chi connectivity index (χ0) is 19.8. The molecule has 0 saturated heterocycles. The number of hydrogen-bond donors (Lipinski definition) is 0. The van der Waals surface area contributed by atoms with Gasteiger partial charge in [-0.05, 0) is 70.0 Å². The second-order valence-corrected chi connectivity index (χ2v) is 9.34. The quantitative estimate of drug-likeness (QED) is 0.758. The number of aryl methyl sites for hydroxylation is 1. The minimum atomic E-state index is -3.64. The topological polar surface area (TPSA) is 57.7 Å². The molecule has 6 heteroatoms. The van der Waals surface area contributed by atoms with E-state index >= 15 is 0 Å². The Hall–Kier alpha value is -2.34. The summed E-state index contributed by atoms with van der Waals surface area (Å²) in [6.07, 6.45) is 2.11. The SMILES string of the molecule is Cc1ccc(S(=O)(=O)N(C)c2ccc(C(=O)N(C(C)C)C3CC3)cc2)cc1. The number of carbonyl (C=O) groups is 1. The Balaban J connectivity index is 1.82. The van der Waals surface area contributed by atoms with Gasteiger partial charge in [0.25, 0.3) is 15.9 Å². The van der Waals surface area contributed by atoms with Gasteiger partial charge in [-0.25, -0.2) is 8.42 Å². The number of rotatable bonds is 6. The van der Waals surface area contributed by atoms with Crippen LogP contribution in [-0.2, 0) is 10.0 Å². The molecule has 0 aliphatic heterocycles. The van der Waals surface area contributed by atoms with E-state index in [0.717, 1.165) is 18.4 Å². The fraction of sp³-hybridized carbons (Fsp3) is 0.381. The van der Waals surface area contributed by atoms with Crippen LogP contribution >= 0.6 is 0 Å². The molecule has 27 heavy (non-hydrogen) atoms. The number of nitrogens with zero attached hydrogens (tertiary/aromatic N) is 2. The summed E-state index contributed by atoms with van der Waals surface area (Å²) in [5.74, 6) is 0.00287. The highest BCUT2D eigenvalue weighted by molar-refractivity contribution is 7.92. The molecule has 5 nitrogen and oxygen atoms in total. The van der Waals surface area contributed by atoms with Gasteiger partial charge >= 0.3 is 0 Å². The highest BCUT2D eigenvalue weighted by Gasteiger charge is 2.34. The first-order chi connectivity index (χ1) is 12.7. The van der Waals surface area contributed by atoms with Gasteiger partial charge in [0.05, 0.1) is 10.6 Å². The summed E-state index contributed by atoms with van der Waals surface area (Å²) in [4.78, 5) is 15.0. The highest BCUT2D eigenvalue weighted by Crippen LogP contribution is 2.30. The molecule has 3 rings (SSSR count). The predicted octanol–water partition coefficient (Wildman–Crippen LogP) is 3.83. The van der Waals surface area contributed by atoms with E-state index in [1.807, 2.05) is 25.7 Å². The molecular weight excluding hydrogens is 360 g/mol. The molecule has 0 bridgehead atoms. The highest BCUT2D eigenvalue weighted by atomic mass is 32.2. The van der Waals surface area contributed by atoms with Crippen molar-refractivity contribution in [3.8, 4) is 0 Å². The first-order valence-electron chi connectivity index (χ1n) is 9.20. The number of hydrogen-bond acceptors (Lipinski definition) is 3. The third kappa shape index (κ3) is 4.00. The molecule has 0 unspecified atom stereocenters. The van der Waals surface area contributed by atoms with Crippen LogP contribution in [0.3, 0.4) is 0 Å². The lowest BCUT2D eigenvalue weighted by Crippen LogP contribution is -2.38. The van der Waals surface area contributed by atoms with E-state index in [0.29, 0.717) is 17.3 Å². The number of amides is 1. The fourth-order valence-corrected chi connectivity index (χ4v) is 4.34. The van der Waals surface area contributed by atoms with Crippen molar-refractivity contribution >= 4 is 21.6 Å². The maximum atomic E-state index is 12.8. The maximum Gasteiger partial charge on any atom is 0.264 e.